The molecule has 4 unspecified atom stereocenters. The number of aromatic amines is 1. The molecule has 2 N–H and O–H groups in total. The quantitative estimate of drug-likeness (QED) is 0.188. The maximum Gasteiger partial charge on any atom is 0.408 e. The average Bonchev–Trinajstić information content (AvgIpc) is 3.49. The highest BCUT2D eigenvalue weighted by atomic mass is 35.5. The fourth-order valence-corrected chi connectivity index (χ4v) is 6.30. The van der Waals surface area contributed by atoms with E-state index in [4.69, 9.17) is 30.1 Å². The van der Waals surface area contributed by atoms with Gasteiger partial charge in [0.2, 0.25) is 17.4 Å². The zero-order chi connectivity index (χ0) is 30.8. The van der Waals surface area contributed by atoms with Gasteiger partial charge in [-0.3, -0.25) is 33.0 Å². The van der Waals surface area contributed by atoms with Crippen LogP contribution in [0.5, 0.6) is 0 Å². The molecule has 4 atom stereocenters. The van der Waals surface area contributed by atoms with Crippen LogP contribution in [-0.4, -0.2) is 80.9 Å². The lowest BCUT2D eigenvalue weighted by Gasteiger charge is -2.28. The molecule has 230 valence electrons. The van der Waals surface area contributed by atoms with Crippen molar-refractivity contribution in [3.05, 3.63) is 67.7 Å². The number of nitrogens with one attached hydrogen (secondary N) is 1. The van der Waals surface area contributed by atoms with E-state index in [-0.39, 0.29) is 36.6 Å². The van der Waals surface area contributed by atoms with Crippen LogP contribution in [0.3, 0.4) is 0 Å². The second-order valence-electron chi connectivity index (χ2n) is 9.75. The van der Waals surface area contributed by atoms with Crippen molar-refractivity contribution in [1.82, 2.24) is 18.8 Å². The van der Waals surface area contributed by atoms with Gasteiger partial charge in [-0.25, -0.2) is 14.0 Å². The topological polar surface area (TPSA) is 171 Å². The third-order valence-corrected chi connectivity index (χ3v) is 9.25. The molecule has 1 aliphatic heterocycles. The number of aliphatic hydroxyl groups excluding tert-OH is 1. The van der Waals surface area contributed by atoms with E-state index in [2.05, 4.69) is 0 Å². The fourth-order valence-electron chi connectivity index (χ4n) is 4.62. The van der Waals surface area contributed by atoms with E-state index in [0.29, 0.717) is 30.6 Å². The van der Waals surface area contributed by atoms with E-state index >= 15 is 0 Å². The number of alkyl halides is 1. The minimum Gasteiger partial charge on any atom is -0.492 e. The molecule has 0 spiro atoms. The maximum absolute atomic E-state index is 14.0. The Labute approximate surface area is 244 Å². The van der Waals surface area contributed by atoms with Gasteiger partial charge in [0, 0.05) is 37.7 Å². The number of hydrogen-bond donors (Lipinski definition) is 2. The van der Waals surface area contributed by atoms with Gasteiger partial charge in [0.05, 0.1) is 38.2 Å². The lowest BCUT2D eigenvalue weighted by atomic mass is 10.0. The zero-order valence-corrected chi connectivity index (χ0v) is 24.7. The van der Waals surface area contributed by atoms with Gasteiger partial charge < -0.3 is 19.1 Å². The first-order valence-electron chi connectivity index (χ1n) is 12.9. The van der Waals surface area contributed by atoms with Crippen LogP contribution in [0.25, 0.3) is 0 Å². The number of aromatic nitrogens is 3. The summed E-state index contributed by atoms with van der Waals surface area (Å²) in [4.78, 5) is 50.6. The number of methoxy groups -OCH3 is 1. The second-order valence-corrected chi connectivity index (χ2v) is 12.3. The Bertz CT molecular complexity index is 1550. The van der Waals surface area contributed by atoms with Gasteiger partial charge in [-0.05, 0) is 26.0 Å². The van der Waals surface area contributed by atoms with Crippen molar-refractivity contribution in [2.75, 3.05) is 33.2 Å². The normalized spacial score (nSPS) is 21.9. The Morgan fingerprint density at radius 2 is 2.00 bits per heavy atom. The van der Waals surface area contributed by atoms with Crippen LogP contribution < -0.4 is 11.2 Å². The molecule has 17 heteroatoms. The highest BCUT2D eigenvalue weighted by molar-refractivity contribution is 7.51. The monoisotopic (exact) mass is 632 g/mol. The highest BCUT2D eigenvalue weighted by Crippen LogP contribution is 2.52. The van der Waals surface area contributed by atoms with Crippen molar-refractivity contribution in [1.29, 1.82) is 0 Å². The summed E-state index contributed by atoms with van der Waals surface area (Å²) >= 11 is 5.78. The number of fused-ring (bicyclic) bond motifs is 1. The fraction of sp³-hybridized carbons (Fsp3) is 0.520. The molecule has 3 heterocycles. The van der Waals surface area contributed by atoms with E-state index in [1.54, 1.807) is 7.05 Å². The summed E-state index contributed by atoms with van der Waals surface area (Å²) in [6.45, 7) is -0.474. The van der Waals surface area contributed by atoms with Crippen molar-refractivity contribution in [2.24, 2.45) is 7.05 Å². The molecule has 0 saturated carbocycles. The molecule has 2 aliphatic rings. The molecule has 2 aromatic rings. The van der Waals surface area contributed by atoms with Gasteiger partial charge in [-0.15, -0.1) is 11.6 Å². The van der Waals surface area contributed by atoms with Gasteiger partial charge in [0.25, 0.3) is 5.56 Å². The first-order chi connectivity index (χ1) is 19.9. The molecule has 1 saturated heterocycles. The number of ether oxygens (including phenoxy) is 2. The minimum absolute atomic E-state index is 0.0983. The zero-order valence-electron chi connectivity index (χ0n) is 23.1. The van der Waals surface area contributed by atoms with Crippen LogP contribution in [0.15, 0.2) is 33.7 Å². The molecule has 0 amide bonds. The van der Waals surface area contributed by atoms with Gasteiger partial charge in [-0.1, -0.05) is 0 Å². The van der Waals surface area contributed by atoms with E-state index in [1.165, 1.54) is 29.5 Å². The maximum atomic E-state index is 14.0. The van der Waals surface area contributed by atoms with E-state index in [9.17, 15) is 33.2 Å². The molecule has 42 heavy (non-hydrogen) atoms. The van der Waals surface area contributed by atoms with Gasteiger partial charge in [-0.2, -0.15) is 4.39 Å². The second kappa shape index (κ2) is 13.2. The molecule has 1 fully saturated rings. The minimum atomic E-state index is -4.08. The summed E-state index contributed by atoms with van der Waals surface area (Å²) in [5, 5.41) is 10.5. The number of H-pyrrole nitrogens is 1. The molecular formula is C25H31ClFN4O10P. The third kappa shape index (κ3) is 6.52. The number of rotatable bonds is 13. The Balaban J connectivity index is 1.50. The number of carbonyl (C=O) groups excluding carboxylic acids is 2. The number of hydrogen-bond acceptors (Lipinski definition) is 10. The molecule has 0 radical (unpaired) electrons. The number of carbonyl (C=O) groups is 2. The van der Waals surface area contributed by atoms with Crippen LogP contribution >= 0.6 is 19.3 Å². The third-order valence-electron chi connectivity index (χ3n) is 7.02. The highest BCUT2D eigenvalue weighted by Gasteiger charge is 2.40. The molecule has 2 aromatic heterocycles. The van der Waals surface area contributed by atoms with E-state index in [1.807, 2.05) is 4.98 Å². The van der Waals surface area contributed by atoms with Gasteiger partial charge in [0.1, 0.15) is 18.0 Å². The number of halogens is 2. The number of unbranched alkanes of at least 4 members (excludes halogenated alkanes) is 1. The Hall–Kier alpha value is -2.91. The van der Waals surface area contributed by atoms with Crippen LogP contribution in [0.1, 0.15) is 52.0 Å². The summed E-state index contributed by atoms with van der Waals surface area (Å²) in [6.07, 6.45) is -0.549. The number of aliphatic hydroxyl groups is 1. The van der Waals surface area contributed by atoms with Crippen LogP contribution in [0.4, 0.5) is 4.39 Å². The first kappa shape index (κ1) is 32.0. The first-order valence-corrected chi connectivity index (χ1v) is 15.0. The van der Waals surface area contributed by atoms with Gasteiger partial charge >= 0.3 is 13.4 Å². The SMILES string of the molecule is COC1=CC(=O)c2c(cc(COP(=O)(OCC3OC(n4cc(F)c(=O)[nH]c4=O)CC3O)N(C)CCCCCl)n2C)C1=O. The van der Waals surface area contributed by atoms with Crippen molar-refractivity contribution in [3.63, 3.8) is 0 Å². The molecule has 14 nitrogen and oxygen atoms in total. The lowest BCUT2D eigenvalue weighted by molar-refractivity contribution is -0.0458. The number of Topliss-reactive ketones (excluding diaryl/α,β-unsaturated/α-hetero) is 1. The molecule has 1 aliphatic carbocycles. The summed E-state index contributed by atoms with van der Waals surface area (Å²) < 4.78 is 53.6. The molecule has 0 bridgehead atoms. The largest absolute Gasteiger partial charge is 0.492 e. The van der Waals surface area contributed by atoms with Crippen molar-refractivity contribution < 1.29 is 42.2 Å². The molecule has 0 aromatic carbocycles. The number of ketones is 2. The molecular weight excluding hydrogens is 602 g/mol. The van der Waals surface area contributed by atoms with Crippen LogP contribution in [0.2, 0.25) is 0 Å². The summed E-state index contributed by atoms with van der Waals surface area (Å²) in [7, 11) is 0.283. The molecule has 4 rings (SSSR count). The smallest absolute Gasteiger partial charge is 0.408 e. The van der Waals surface area contributed by atoms with E-state index in [0.717, 1.165) is 10.6 Å². The number of nitrogens with zero attached hydrogens (tertiary/aromatic N) is 3. The summed E-state index contributed by atoms with van der Waals surface area (Å²) in [6, 6.07) is 1.45. The lowest BCUT2D eigenvalue weighted by Crippen LogP contribution is -2.34. The van der Waals surface area contributed by atoms with Crippen molar-refractivity contribution >= 4 is 30.9 Å². The van der Waals surface area contributed by atoms with Gasteiger partial charge in [0.15, 0.2) is 5.76 Å². The van der Waals surface area contributed by atoms with Crippen molar-refractivity contribution in [2.45, 2.75) is 44.3 Å². The summed E-state index contributed by atoms with van der Waals surface area (Å²) in [5.41, 5.74) is -1.50. The standard InChI is InChI=1S/C25H31ClFN4O10P/c1-29(7-5-4-6-26)42(37,39-12-14-8-15-22(30(14)2)18(33)9-19(38-3)23(15)34)40-13-20-17(32)10-21(41-20)31-11-16(27)24(35)28-25(31)36/h8-9,11,17,20-21,32H,4-7,10,12-13H2,1-3H3,(H,28,35,36). The van der Waals surface area contributed by atoms with Crippen molar-refractivity contribution in [3.8, 4) is 0 Å². The van der Waals surface area contributed by atoms with E-state index < -0.39 is 61.4 Å². The average molecular weight is 633 g/mol. The Kier molecular flexibility index (Phi) is 10.0. The van der Waals surface area contributed by atoms with Crippen LogP contribution in [-0.2, 0) is 36.7 Å². The predicted octanol–water partition coefficient (Wildman–Crippen LogP) is 1.86. The Morgan fingerprint density at radius 1 is 1.26 bits per heavy atom. The summed E-state index contributed by atoms with van der Waals surface area (Å²) in [5.74, 6) is -1.82. The van der Waals surface area contributed by atoms with Crippen LogP contribution in [0, 0.1) is 5.82 Å². The predicted molar refractivity (Wildman–Crippen MR) is 146 cm³/mol. The Morgan fingerprint density at radius 3 is 2.69 bits per heavy atom. The number of allylic oxidation sites excluding steroid dienone is 2.